The maximum atomic E-state index is 11.7. The first-order valence-corrected chi connectivity index (χ1v) is 5.90. The van der Waals surface area contributed by atoms with Gasteiger partial charge >= 0.3 is 5.97 Å². The minimum absolute atomic E-state index is 0.0662. The largest absolute Gasteiger partial charge is 0.365 e. The lowest BCUT2D eigenvalue weighted by Gasteiger charge is -2.18. The Morgan fingerprint density at radius 3 is 2.28 bits per heavy atom. The zero-order chi connectivity index (χ0) is 13.8. The zero-order valence-corrected chi connectivity index (χ0v) is 11.4. The van der Waals surface area contributed by atoms with Crippen LogP contribution in [-0.2, 0) is 10.3 Å². The van der Waals surface area contributed by atoms with Crippen molar-refractivity contribution in [1.82, 2.24) is 0 Å². The number of nitrogens with zero attached hydrogens (tertiary/aromatic N) is 1. The molecule has 0 saturated heterocycles. The molecule has 4 nitrogen and oxygen atoms in total. The van der Waals surface area contributed by atoms with Gasteiger partial charge in [0.05, 0.1) is 11.3 Å². The topological polar surface area (TPSA) is 64.7 Å². The lowest BCUT2D eigenvalue weighted by Crippen LogP contribution is -2.13. The molecule has 98 valence electrons. The highest BCUT2D eigenvalue weighted by atomic mass is 16.7. The number of oxime groups is 1. The Hall–Kier alpha value is -1.68. The molecule has 0 bridgehead atoms. The van der Waals surface area contributed by atoms with Gasteiger partial charge in [0.15, 0.2) is 0 Å². The third-order valence-corrected chi connectivity index (χ3v) is 2.57. The lowest BCUT2D eigenvalue weighted by atomic mass is 9.87. The SMILES string of the molecule is CC(CN)=NOC(=O)c1ccc(C(C)(C)C)cc1. The Balaban J connectivity index is 2.77. The molecule has 4 heteroatoms. The van der Waals surface area contributed by atoms with Gasteiger partial charge in [-0.15, -0.1) is 0 Å². The van der Waals surface area contributed by atoms with Crippen LogP contribution < -0.4 is 5.73 Å². The van der Waals surface area contributed by atoms with Crippen molar-refractivity contribution in [2.45, 2.75) is 33.1 Å². The molecule has 0 unspecified atom stereocenters. The summed E-state index contributed by atoms with van der Waals surface area (Å²) in [6.07, 6.45) is 0. The van der Waals surface area contributed by atoms with Crippen LogP contribution in [0.25, 0.3) is 0 Å². The highest BCUT2D eigenvalue weighted by Gasteiger charge is 2.14. The number of benzene rings is 1. The normalized spacial score (nSPS) is 12.4. The summed E-state index contributed by atoms with van der Waals surface area (Å²) in [5, 5.41) is 3.63. The average molecular weight is 248 g/mol. The molecule has 0 fully saturated rings. The van der Waals surface area contributed by atoms with E-state index in [4.69, 9.17) is 10.6 Å². The highest BCUT2D eigenvalue weighted by Crippen LogP contribution is 2.22. The molecule has 18 heavy (non-hydrogen) atoms. The Bertz CT molecular complexity index is 442. The molecule has 0 saturated carbocycles. The standard InChI is InChI=1S/C14H20N2O2/c1-10(9-15)16-18-13(17)11-5-7-12(8-6-11)14(2,3)4/h5-8H,9,15H2,1-4H3. The van der Waals surface area contributed by atoms with E-state index in [1.165, 1.54) is 5.56 Å². The highest BCUT2D eigenvalue weighted by molar-refractivity contribution is 5.90. The molecule has 1 aromatic rings. The van der Waals surface area contributed by atoms with Crippen molar-refractivity contribution in [3.05, 3.63) is 35.4 Å². The van der Waals surface area contributed by atoms with Gasteiger partial charge in [-0.25, -0.2) is 4.79 Å². The third-order valence-electron chi connectivity index (χ3n) is 2.57. The number of rotatable bonds is 3. The first-order valence-electron chi connectivity index (χ1n) is 5.90. The fourth-order valence-corrected chi connectivity index (χ4v) is 1.32. The van der Waals surface area contributed by atoms with E-state index in [0.717, 1.165) is 0 Å². The average Bonchev–Trinajstić information content (AvgIpc) is 2.34. The molecule has 0 radical (unpaired) electrons. The lowest BCUT2D eigenvalue weighted by molar-refractivity contribution is 0.0515. The van der Waals surface area contributed by atoms with Crippen molar-refractivity contribution in [3.8, 4) is 0 Å². The van der Waals surface area contributed by atoms with E-state index in [2.05, 4.69) is 25.9 Å². The summed E-state index contributed by atoms with van der Waals surface area (Å²) in [5.41, 5.74) is 7.64. The van der Waals surface area contributed by atoms with Crippen molar-refractivity contribution >= 4 is 11.7 Å². The van der Waals surface area contributed by atoms with Crippen LogP contribution in [0.1, 0.15) is 43.6 Å². The first-order chi connectivity index (χ1) is 8.34. The number of carbonyl (C=O) groups excluding carboxylic acids is 1. The molecule has 0 aliphatic heterocycles. The molecule has 0 aliphatic rings. The maximum absolute atomic E-state index is 11.7. The molecule has 0 spiro atoms. The Morgan fingerprint density at radius 2 is 1.83 bits per heavy atom. The summed E-state index contributed by atoms with van der Waals surface area (Å²) in [5.74, 6) is -0.469. The van der Waals surface area contributed by atoms with Crippen LogP contribution in [0.15, 0.2) is 29.4 Å². The van der Waals surface area contributed by atoms with Crippen molar-refractivity contribution in [2.24, 2.45) is 10.9 Å². The summed E-state index contributed by atoms with van der Waals surface area (Å²) in [6.45, 7) is 8.34. The summed E-state index contributed by atoms with van der Waals surface area (Å²) < 4.78 is 0. The molecule has 0 amide bonds. The number of carbonyl (C=O) groups is 1. The van der Waals surface area contributed by atoms with Gasteiger partial charge in [-0.3, -0.25) is 0 Å². The van der Waals surface area contributed by atoms with E-state index in [1.54, 1.807) is 19.1 Å². The molecule has 1 aromatic carbocycles. The van der Waals surface area contributed by atoms with Crippen LogP contribution in [0.5, 0.6) is 0 Å². The summed E-state index contributed by atoms with van der Waals surface area (Å²) >= 11 is 0. The number of hydrogen-bond acceptors (Lipinski definition) is 4. The van der Waals surface area contributed by atoms with E-state index in [-0.39, 0.29) is 12.0 Å². The second-order valence-corrected chi connectivity index (χ2v) is 5.24. The van der Waals surface area contributed by atoms with Gasteiger partial charge in [0.1, 0.15) is 0 Å². The van der Waals surface area contributed by atoms with E-state index < -0.39 is 5.97 Å². The maximum Gasteiger partial charge on any atom is 0.365 e. The van der Waals surface area contributed by atoms with Crippen molar-refractivity contribution in [1.29, 1.82) is 0 Å². The first kappa shape index (κ1) is 14.4. The fourth-order valence-electron chi connectivity index (χ4n) is 1.32. The van der Waals surface area contributed by atoms with Crippen LogP contribution in [0.4, 0.5) is 0 Å². The van der Waals surface area contributed by atoms with E-state index in [1.807, 2.05) is 12.1 Å². The van der Waals surface area contributed by atoms with Crippen LogP contribution in [-0.4, -0.2) is 18.2 Å². The van der Waals surface area contributed by atoms with Gasteiger partial charge in [0, 0.05) is 6.54 Å². The molecule has 0 heterocycles. The third kappa shape index (κ3) is 3.96. The van der Waals surface area contributed by atoms with Crippen molar-refractivity contribution < 1.29 is 9.63 Å². The molecule has 0 atom stereocenters. The smallest absolute Gasteiger partial charge is 0.325 e. The van der Waals surface area contributed by atoms with Gasteiger partial charge in [0.2, 0.25) is 0 Å². The second-order valence-electron chi connectivity index (χ2n) is 5.24. The van der Waals surface area contributed by atoms with Crippen LogP contribution in [0.2, 0.25) is 0 Å². The van der Waals surface area contributed by atoms with Gasteiger partial charge < -0.3 is 10.6 Å². The van der Waals surface area contributed by atoms with Gasteiger partial charge in [-0.05, 0) is 30.0 Å². The summed E-state index contributed by atoms with van der Waals surface area (Å²) in [6, 6.07) is 7.35. The van der Waals surface area contributed by atoms with Crippen LogP contribution in [0.3, 0.4) is 0 Å². The number of hydrogen-bond donors (Lipinski definition) is 1. The van der Waals surface area contributed by atoms with Crippen LogP contribution >= 0.6 is 0 Å². The molecular weight excluding hydrogens is 228 g/mol. The number of nitrogens with two attached hydrogens (primary N) is 1. The van der Waals surface area contributed by atoms with E-state index in [0.29, 0.717) is 11.3 Å². The van der Waals surface area contributed by atoms with E-state index in [9.17, 15) is 4.79 Å². The molecule has 0 aromatic heterocycles. The zero-order valence-electron chi connectivity index (χ0n) is 11.4. The Morgan fingerprint density at radius 1 is 1.28 bits per heavy atom. The van der Waals surface area contributed by atoms with Gasteiger partial charge in [0.25, 0.3) is 0 Å². The summed E-state index contributed by atoms with van der Waals surface area (Å²) in [7, 11) is 0. The predicted molar refractivity (Wildman–Crippen MR) is 72.7 cm³/mol. The van der Waals surface area contributed by atoms with Gasteiger partial charge in [-0.2, -0.15) is 0 Å². The monoisotopic (exact) mass is 248 g/mol. The van der Waals surface area contributed by atoms with Crippen molar-refractivity contribution in [3.63, 3.8) is 0 Å². The molecule has 2 N–H and O–H groups in total. The Kier molecular flexibility index (Phi) is 4.62. The van der Waals surface area contributed by atoms with E-state index >= 15 is 0 Å². The second kappa shape index (κ2) is 5.78. The van der Waals surface area contributed by atoms with Crippen molar-refractivity contribution in [2.75, 3.05) is 6.54 Å². The Labute approximate surface area is 108 Å². The van der Waals surface area contributed by atoms with Crippen LogP contribution in [0, 0.1) is 0 Å². The molecule has 0 aliphatic carbocycles. The fraction of sp³-hybridized carbons (Fsp3) is 0.429. The molecular formula is C14H20N2O2. The summed E-state index contributed by atoms with van der Waals surface area (Å²) in [4.78, 5) is 16.4. The van der Waals surface area contributed by atoms with Gasteiger partial charge in [-0.1, -0.05) is 38.1 Å². The predicted octanol–water partition coefficient (Wildman–Crippen LogP) is 2.48. The molecule has 1 rings (SSSR count). The quantitative estimate of drug-likeness (QED) is 0.507. The minimum atomic E-state index is -0.469. The minimum Gasteiger partial charge on any atom is -0.325 e.